The number of hydrogen-bond acceptors (Lipinski definition) is 7. The molecule has 0 spiro atoms. The lowest BCUT2D eigenvalue weighted by atomic mass is 10.0. The molecule has 2 aromatic heterocycles. The summed E-state index contributed by atoms with van der Waals surface area (Å²) >= 11 is 0. The van der Waals surface area contributed by atoms with Gasteiger partial charge in [-0.1, -0.05) is 0 Å². The maximum absolute atomic E-state index is 13.6. The van der Waals surface area contributed by atoms with E-state index < -0.39 is 74.3 Å². The zero-order valence-corrected chi connectivity index (χ0v) is 24.2. The Balaban J connectivity index is 1.43. The van der Waals surface area contributed by atoms with Crippen molar-refractivity contribution < 1.29 is 40.3 Å². The van der Waals surface area contributed by atoms with Crippen LogP contribution in [0.3, 0.4) is 0 Å². The molecule has 0 saturated carbocycles. The van der Waals surface area contributed by atoms with E-state index in [1.807, 2.05) is 0 Å². The number of ketones is 1. The SMILES string of the molecule is CC(C)n1c(=O)c(CCC(=O)[C@@H]2[C@@H](O)CCN2S(=O)(=O)c2cc3cc(F)ccc3o2)cn(-c2ccc(C(F)(F)F)cc2)c1=O. The van der Waals surface area contributed by atoms with E-state index in [0.717, 1.165) is 62.1 Å². The van der Waals surface area contributed by atoms with Crippen LogP contribution in [0, 0.1) is 5.82 Å². The lowest BCUT2D eigenvalue weighted by molar-refractivity contribution is -0.137. The van der Waals surface area contributed by atoms with Gasteiger partial charge in [0.15, 0.2) is 5.78 Å². The number of aryl methyl sites for hydroxylation is 1. The van der Waals surface area contributed by atoms with Crippen molar-refractivity contribution in [1.29, 1.82) is 0 Å². The van der Waals surface area contributed by atoms with Gasteiger partial charge in [-0.05, 0) is 69.2 Å². The molecule has 1 N–H and O–H groups in total. The summed E-state index contributed by atoms with van der Waals surface area (Å²) < 4.78 is 87.8. The molecule has 4 aromatic rings. The fourth-order valence-electron chi connectivity index (χ4n) is 5.28. The highest BCUT2D eigenvalue weighted by Gasteiger charge is 2.45. The van der Waals surface area contributed by atoms with Crippen LogP contribution < -0.4 is 11.2 Å². The van der Waals surface area contributed by atoms with Crippen LogP contribution in [0.1, 0.15) is 43.9 Å². The molecule has 2 atom stereocenters. The summed E-state index contributed by atoms with van der Waals surface area (Å²) in [5.74, 6) is -1.31. The number of fused-ring (bicyclic) bond motifs is 1. The standard InChI is InChI=1S/C29H27F4N3O7S/c1-16(2)36-27(39)17(15-34(28(36)40)21-7-4-19(5-8-21)29(31,32)33)3-9-22(37)26-23(38)11-12-35(26)44(41,42)25-14-18-13-20(30)6-10-24(18)43-25/h4-8,10,13-16,23,26,38H,3,9,11-12H2,1-2H3/t23-,26+/m0/s1. The van der Waals surface area contributed by atoms with Crippen molar-refractivity contribution in [2.45, 2.75) is 62.6 Å². The molecule has 3 heterocycles. The van der Waals surface area contributed by atoms with Crippen molar-refractivity contribution in [1.82, 2.24) is 13.4 Å². The van der Waals surface area contributed by atoms with Gasteiger partial charge in [0.2, 0.25) is 5.09 Å². The van der Waals surface area contributed by atoms with E-state index >= 15 is 0 Å². The van der Waals surface area contributed by atoms with Crippen LogP contribution in [0.15, 0.2) is 73.8 Å². The van der Waals surface area contributed by atoms with E-state index in [-0.39, 0.29) is 41.6 Å². The van der Waals surface area contributed by atoms with Crippen LogP contribution in [0.2, 0.25) is 0 Å². The van der Waals surface area contributed by atoms with Gasteiger partial charge in [0.25, 0.3) is 15.6 Å². The third kappa shape index (κ3) is 5.74. The van der Waals surface area contributed by atoms with Crippen molar-refractivity contribution >= 4 is 26.8 Å². The Bertz CT molecular complexity index is 1960. The minimum absolute atomic E-state index is 0.0206. The molecule has 2 aromatic carbocycles. The second-order valence-electron chi connectivity index (χ2n) is 10.8. The number of carbonyl (C=O) groups excluding carboxylic acids is 1. The molecule has 1 saturated heterocycles. The Hall–Kier alpha value is -4.08. The first-order valence-corrected chi connectivity index (χ1v) is 15.0. The topological polar surface area (TPSA) is 132 Å². The number of rotatable bonds is 8. The number of aliphatic hydroxyl groups excluding tert-OH is 1. The minimum atomic E-state index is -4.60. The number of aliphatic hydroxyl groups is 1. The van der Waals surface area contributed by atoms with Crippen molar-refractivity contribution in [2.24, 2.45) is 0 Å². The van der Waals surface area contributed by atoms with Crippen LogP contribution in [-0.2, 0) is 27.4 Å². The van der Waals surface area contributed by atoms with E-state index in [4.69, 9.17) is 4.42 Å². The highest BCUT2D eigenvalue weighted by atomic mass is 32.2. The first-order chi connectivity index (χ1) is 20.6. The van der Waals surface area contributed by atoms with E-state index in [1.165, 1.54) is 6.07 Å². The van der Waals surface area contributed by atoms with Gasteiger partial charge < -0.3 is 9.52 Å². The van der Waals surface area contributed by atoms with E-state index in [0.29, 0.717) is 0 Å². The molecular formula is C29H27F4N3O7S. The average molecular weight is 638 g/mol. The molecule has 1 fully saturated rings. The number of halogens is 4. The zero-order valence-electron chi connectivity index (χ0n) is 23.4. The number of Topliss-reactive ketones (excluding diaryl/α,β-unsaturated/α-hetero) is 1. The number of carbonyl (C=O) groups is 1. The summed E-state index contributed by atoms with van der Waals surface area (Å²) in [6.07, 6.45) is -5.52. The second-order valence-corrected chi connectivity index (χ2v) is 12.6. The van der Waals surface area contributed by atoms with Gasteiger partial charge in [0.1, 0.15) is 17.4 Å². The Morgan fingerprint density at radius 3 is 2.41 bits per heavy atom. The van der Waals surface area contributed by atoms with Gasteiger partial charge in [-0.25, -0.2) is 17.6 Å². The van der Waals surface area contributed by atoms with Gasteiger partial charge in [0, 0.05) is 42.2 Å². The molecule has 0 bridgehead atoms. The Labute approximate surface area is 247 Å². The van der Waals surface area contributed by atoms with E-state index in [9.17, 15) is 45.5 Å². The molecule has 0 amide bonds. The Morgan fingerprint density at radius 2 is 1.77 bits per heavy atom. The summed E-state index contributed by atoms with van der Waals surface area (Å²) in [5.41, 5.74) is -2.30. The maximum atomic E-state index is 13.6. The van der Waals surface area contributed by atoms with Crippen molar-refractivity contribution in [3.05, 3.63) is 92.5 Å². The highest BCUT2D eigenvalue weighted by molar-refractivity contribution is 7.89. The van der Waals surface area contributed by atoms with Crippen LogP contribution >= 0.6 is 0 Å². The molecule has 5 rings (SSSR count). The molecule has 234 valence electrons. The smallest absolute Gasteiger partial charge is 0.416 e. The van der Waals surface area contributed by atoms with E-state index in [1.54, 1.807) is 13.8 Å². The molecule has 1 aliphatic rings. The van der Waals surface area contributed by atoms with Gasteiger partial charge in [-0.2, -0.15) is 17.5 Å². The predicted molar refractivity (Wildman–Crippen MR) is 149 cm³/mol. The summed E-state index contributed by atoms with van der Waals surface area (Å²) in [6.45, 7) is 2.93. The third-order valence-corrected chi connectivity index (χ3v) is 9.23. The minimum Gasteiger partial charge on any atom is -0.443 e. The molecular weight excluding hydrogens is 610 g/mol. The molecule has 15 heteroatoms. The molecule has 0 aliphatic carbocycles. The molecule has 10 nitrogen and oxygen atoms in total. The Kier molecular flexibility index (Phi) is 8.16. The number of hydrogen-bond donors (Lipinski definition) is 1. The summed E-state index contributed by atoms with van der Waals surface area (Å²) in [7, 11) is -4.44. The Morgan fingerprint density at radius 1 is 1.09 bits per heavy atom. The first-order valence-electron chi connectivity index (χ1n) is 13.6. The fraction of sp³-hybridized carbons (Fsp3) is 0.345. The number of alkyl halides is 3. The van der Waals surface area contributed by atoms with E-state index in [2.05, 4.69) is 0 Å². The third-order valence-electron chi connectivity index (χ3n) is 7.49. The normalized spacial score (nSPS) is 18.0. The number of furan rings is 1. The van der Waals surface area contributed by atoms with Gasteiger partial charge in [0.05, 0.1) is 17.4 Å². The molecule has 0 unspecified atom stereocenters. The maximum Gasteiger partial charge on any atom is 0.416 e. The number of aromatic nitrogens is 2. The summed E-state index contributed by atoms with van der Waals surface area (Å²) in [6, 6.07) is 6.19. The predicted octanol–water partition coefficient (Wildman–Crippen LogP) is 3.81. The quantitative estimate of drug-likeness (QED) is 0.291. The summed E-state index contributed by atoms with van der Waals surface area (Å²) in [5, 5.41) is 10.3. The highest BCUT2D eigenvalue weighted by Crippen LogP contribution is 2.32. The summed E-state index contributed by atoms with van der Waals surface area (Å²) in [4.78, 5) is 39.7. The lowest BCUT2D eigenvalue weighted by Gasteiger charge is -2.23. The van der Waals surface area contributed by atoms with Crippen molar-refractivity contribution in [3.8, 4) is 5.69 Å². The van der Waals surface area contributed by atoms with Crippen LogP contribution in [0.25, 0.3) is 16.7 Å². The van der Waals surface area contributed by atoms with Crippen LogP contribution in [0.4, 0.5) is 17.6 Å². The van der Waals surface area contributed by atoms with Crippen molar-refractivity contribution in [3.63, 3.8) is 0 Å². The van der Waals surface area contributed by atoms with Crippen LogP contribution in [0.5, 0.6) is 0 Å². The largest absolute Gasteiger partial charge is 0.443 e. The number of nitrogens with zero attached hydrogens (tertiary/aromatic N) is 3. The fourth-order valence-corrected chi connectivity index (χ4v) is 6.88. The van der Waals surface area contributed by atoms with Crippen LogP contribution in [-0.4, -0.2) is 51.4 Å². The molecule has 0 radical (unpaired) electrons. The number of sulfonamides is 1. The second kappa shape index (κ2) is 11.4. The van der Waals surface area contributed by atoms with Gasteiger partial charge >= 0.3 is 11.9 Å². The lowest BCUT2D eigenvalue weighted by Crippen LogP contribution is -2.45. The van der Waals surface area contributed by atoms with Gasteiger partial charge in [-0.3, -0.25) is 18.7 Å². The average Bonchev–Trinajstić information content (AvgIpc) is 3.56. The first kappa shape index (κ1) is 31.3. The zero-order chi connectivity index (χ0) is 32.1. The molecule has 1 aliphatic heterocycles. The molecule has 44 heavy (non-hydrogen) atoms. The monoisotopic (exact) mass is 637 g/mol. The van der Waals surface area contributed by atoms with Gasteiger partial charge in [-0.15, -0.1) is 0 Å². The van der Waals surface area contributed by atoms with Crippen molar-refractivity contribution in [2.75, 3.05) is 6.54 Å². The number of benzene rings is 2.